The van der Waals surface area contributed by atoms with Crippen molar-refractivity contribution in [1.82, 2.24) is 19.6 Å². The average Bonchev–Trinajstić information content (AvgIpc) is 3.26. The molecule has 3 aromatic rings. The van der Waals surface area contributed by atoms with E-state index in [9.17, 15) is 9.59 Å². The summed E-state index contributed by atoms with van der Waals surface area (Å²) in [7, 11) is 0. The molecule has 0 radical (unpaired) electrons. The third-order valence-corrected chi connectivity index (χ3v) is 4.43. The molecular formula is C17H15Cl2N5O3. The van der Waals surface area contributed by atoms with Crippen molar-refractivity contribution < 1.29 is 14.7 Å². The third kappa shape index (κ3) is 4.47. The van der Waals surface area contributed by atoms with E-state index in [2.05, 4.69) is 15.5 Å². The first-order valence-corrected chi connectivity index (χ1v) is 8.65. The number of carbonyl (C=O) groups excluding carboxylic acids is 1. The number of carbonyl (C=O) groups is 2. The fraction of sp³-hybridized carbons (Fsp3) is 0.176. The molecule has 1 amide bonds. The van der Waals surface area contributed by atoms with Crippen LogP contribution in [-0.4, -0.2) is 36.5 Å². The maximum atomic E-state index is 12.3. The van der Waals surface area contributed by atoms with Gasteiger partial charge in [-0.15, -0.1) is 0 Å². The summed E-state index contributed by atoms with van der Waals surface area (Å²) in [6.07, 6.45) is 4.38. The number of halogens is 2. The number of aliphatic carboxylic acids is 1. The number of aromatic nitrogens is 4. The van der Waals surface area contributed by atoms with E-state index in [-0.39, 0.29) is 5.56 Å². The molecule has 2 N–H and O–H groups in total. The van der Waals surface area contributed by atoms with Crippen LogP contribution in [0.5, 0.6) is 0 Å². The Balaban J connectivity index is 1.67. The van der Waals surface area contributed by atoms with Gasteiger partial charge >= 0.3 is 5.97 Å². The fourth-order valence-corrected chi connectivity index (χ4v) is 2.78. The van der Waals surface area contributed by atoms with E-state index in [1.165, 1.54) is 24.0 Å². The number of benzene rings is 1. The molecule has 2 heterocycles. The Kier molecular flexibility index (Phi) is 5.48. The van der Waals surface area contributed by atoms with Crippen LogP contribution in [0.15, 0.2) is 42.9 Å². The van der Waals surface area contributed by atoms with Crippen LogP contribution in [0.4, 0.5) is 5.82 Å². The maximum absolute atomic E-state index is 12.3. The van der Waals surface area contributed by atoms with Gasteiger partial charge in [-0.05, 0) is 24.6 Å². The minimum absolute atomic E-state index is 0.235. The van der Waals surface area contributed by atoms with E-state index < -0.39 is 17.9 Å². The normalized spacial score (nSPS) is 12.0. The van der Waals surface area contributed by atoms with Crippen LogP contribution >= 0.6 is 23.2 Å². The van der Waals surface area contributed by atoms with Crippen molar-refractivity contribution in [3.05, 3.63) is 64.0 Å². The molecule has 8 nitrogen and oxygen atoms in total. The molecule has 3 rings (SSSR count). The smallest absolute Gasteiger partial charge is 0.328 e. The Morgan fingerprint density at radius 3 is 2.78 bits per heavy atom. The van der Waals surface area contributed by atoms with Gasteiger partial charge in [0.1, 0.15) is 6.04 Å². The van der Waals surface area contributed by atoms with E-state index in [0.717, 1.165) is 5.56 Å². The van der Waals surface area contributed by atoms with E-state index in [1.807, 2.05) is 6.07 Å². The van der Waals surface area contributed by atoms with E-state index in [4.69, 9.17) is 28.3 Å². The van der Waals surface area contributed by atoms with Crippen LogP contribution in [0, 0.1) is 0 Å². The Hall–Kier alpha value is -2.84. The number of rotatable bonds is 6. The fourth-order valence-electron chi connectivity index (χ4n) is 2.31. The Morgan fingerprint density at radius 1 is 1.30 bits per heavy atom. The molecule has 0 saturated heterocycles. The highest BCUT2D eigenvalue weighted by atomic mass is 35.5. The van der Waals surface area contributed by atoms with E-state index in [0.29, 0.717) is 22.4 Å². The lowest BCUT2D eigenvalue weighted by atomic mass is 10.2. The van der Waals surface area contributed by atoms with Crippen molar-refractivity contribution in [1.29, 1.82) is 0 Å². The summed E-state index contributed by atoms with van der Waals surface area (Å²) >= 11 is 12.0. The molecular weight excluding hydrogens is 393 g/mol. The van der Waals surface area contributed by atoms with Crippen LogP contribution in [-0.2, 0) is 11.3 Å². The summed E-state index contributed by atoms with van der Waals surface area (Å²) in [6.45, 7) is 1.89. The third-order valence-electron chi connectivity index (χ3n) is 3.85. The molecule has 0 aliphatic rings. The van der Waals surface area contributed by atoms with Crippen LogP contribution in [0.2, 0.25) is 10.0 Å². The first kappa shape index (κ1) is 18.9. The first-order chi connectivity index (χ1) is 12.8. The van der Waals surface area contributed by atoms with Crippen molar-refractivity contribution in [2.24, 2.45) is 0 Å². The standard InChI is InChI=1S/C17H15Cl2N5O3/c1-10(17(26)27)24-9-12(7-20-24)16(25)21-15-4-5-23(22-15)8-11-2-3-13(18)6-14(11)19/h2-7,9-10H,8H2,1H3,(H,26,27)(H,21,22,25). The molecule has 10 heteroatoms. The Bertz CT molecular complexity index is 998. The molecule has 1 atom stereocenters. The number of carboxylic acid groups (broad SMARTS) is 1. The van der Waals surface area contributed by atoms with Gasteiger partial charge in [0.05, 0.1) is 18.3 Å². The van der Waals surface area contributed by atoms with Gasteiger partial charge in [-0.25, -0.2) is 4.79 Å². The maximum Gasteiger partial charge on any atom is 0.328 e. The predicted octanol–water partition coefficient (Wildman–Crippen LogP) is 3.33. The zero-order chi connectivity index (χ0) is 19.6. The van der Waals surface area contributed by atoms with Crippen LogP contribution in [0.1, 0.15) is 28.9 Å². The molecule has 1 aromatic carbocycles. The van der Waals surface area contributed by atoms with Crippen molar-refractivity contribution in [3.8, 4) is 0 Å². The largest absolute Gasteiger partial charge is 0.480 e. The highest BCUT2D eigenvalue weighted by Gasteiger charge is 2.17. The van der Waals surface area contributed by atoms with Gasteiger partial charge in [-0.2, -0.15) is 10.2 Å². The minimum atomic E-state index is -1.04. The average molecular weight is 408 g/mol. The molecule has 2 aromatic heterocycles. The highest BCUT2D eigenvalue weighted by Crippen LogP contribution is 2.22. The van der Waals surface area contributed by atoms with Gasteiger partial charge in [0.2, 0.25) is 0 Å². The lowest BCUT2D eigenvalue weighted by Crippen LogP contribution is -2.16. The van der Waals surface area contributed by atoms with Crippen molar-refractivity contribution in [2.75, 3.05) is 5.32 Å². The van der Waals surface area contributed by atoms with Crippen LogP contribution in [0.3, 0.4) is 0 Å². The quantitative estimate of drug-likeness (QED) is 0.652. The molecule has 1 unspecified atom stereocenters. The molecule has 0 fully saturated rings. The van der Waals surface area contributed by atoms with Gasteiger partial charge in [0.25, 0.3) is 5.91 Å². The monoisotopic (exact) mass is 407 g/mol. The van der Waals surface area contributed by atoms with Gasteiger partial charge in [-0.3, -0.25) is 14.2 Å². The molecule has 140 valence electrons. The Morgan fingerprint density at radius 2 is 2.07 bits per heavy atom. The first-order valence-electron chi connectivity index (χ1n) is 7.89. The minimum Gasteiger partial charge on any atom is -0.480 e. The summed E-state index contributed by atoms with van der Waals surface area (Å²) in [5.74, 6) is -1.12. The molecule has 0 bridgehead atoms. The summed E-state index contributed by atoms with van der Waals surface area (Å²) in [6, 6.07) is 5.98. The number of hydrogen-bond acceptors (Lipinski definition) is 4. The van der Waals surface area contributed by atoms with E-state index >= 15 is 0 Å². The van der Waals surface area contributed by atoms with Crippen molar-refractivity contribution in [3.63, 3.8) is 0 Å². The predicted molar refractivity (Wildman–Crippen MR) is 100 cm³/mol. The number of anilines is 1. The number of hydrogen-bond donors (Lipinski definition) is 2. The molecule has 0 aliphatic heterocycles. The lowest BCUT2D eigenvalue weighted by Gasteiger charge is -2.05. The second-order valence-electron chi connectivity index (χ2n) is 5.81. The second-order valence-corrected chi connectivity index (χ2v) is 6.66. The van der Waals surface area contributed by atoms with Gasteiger partial charge < -0.3 is 10.4 Å². The van der Waals surface area contributed by atoms with Crippen LogP contribution < -0.4 is 5.32 Å². The number of nitrogens with zero attached hydrogens (tertiary/aromatic N) is 4. The molecule has 0 saturated carbocycles. The SMILES string of the molecule is CC(C(=O)O)n1cc(C(=O)Nc2ccn(Cc3ccc(Cl)cc3Cl)n2)cn1. The summed E-state index contributed by atoms with van der Waals surface area (Å²) < 4.78 is 2.83. The summed E-state index contributed by atoms with van der Waals surface area (Å²) in [5, 5.41) is 20.9. The van der Waals surface area contributed by atoms with Gasteiger partial charge in [-0.1, -0.05) is 29.3 Å². The van der Waals surface area contributed by atoms with Gasteiger partial charge in [0.15, 0.2) is 5.82 Å². The topological polar surface area (TPSA) is 102 Å². The zero-order valence-corrected chi connectivity index (χ0v) is 15.6. The molecule has 27 heavy (non-hydrogen) atoms. The zero-order valence-electron chi connectivity index (χ0n) is 14.1. The highest BCUT2D eigenvalue weighted by molar-refractivity contribution is 6.35. The summed E-state index contributed by atoms with van der Waals surface area (Å²) in [5.41, 5.74) is 1.07. The lowest BCUT2D eigenvalue weighted by molar-refractivity contribution is -0.140. The van der Waals surface area contributed by atoms with Crippen LogP contribution in [0.25, 0.3) is 0 Å². The summed E-state index contributed by atoms with van der Waals surface area (Å²) in [4.78, 5) is 23.3. The van der Waals surface area contributed by atoms with Crippen molar-refractivity contribution >= 4 is 40.9 Å². The molecule has 0 spiro atoms. The van der Waals surface area contributed by atoms with Crippen molar-refractivity contribution in [2.45, 2.75) is 19.5 Å². The Labute approximate surface area is 164 Å². The number of amides is 1. The number of carboxylic acids is 1. The number of nitrogens with one attached hydrogen (secondary N) is 1. The van der Waals surface area contributed by atoms with Gasteiger partial charge in [0, 0.05) is 28.5 Å². The second kappa shape index (κ2) is 7.81. The molecule has 0 aliphatic carbocycles. The van der Waals surface area contributed by atoms with E-state index in [1.54, 1.807) is 29.1 Å².